The Morgan fingerprint density at radius 1 is 1.21 bits per heavy atom. The lowest BCUT2D eigenvalue weighted by atomic mass is 9.84. The second kappa shape index (κ2) is 10.1. The molecular weight excluding hydrogens is 468 g/mol. The normalized spacial score (nSPS) is 25.0. The number of hydrogen-bond donors (Lipinski definition) is 3. The molecule has 2 aromatic heterocycles. The van der Waals surface area contributed by atoms with Gasteiger partial charge in [-0.05, 0) is 18.9 Å². The first-order chi connectivity index (χ1) is 16.2. The van der Waals surface area contributed by atoms with Crippen LogP contribution in [0.1, 0.15) is 51.7 Å². The van der Waals surface area contributed by atoms with Gasteiger partial charge < -0.3 is 25.0 Å². The second-order valence-corrected chi connectivity index (χ2v) is 9.22. The number of carbonyl (C=O) groups excluding carboxylic acids is 1. The van der Waals surface area contributed by atoms with Gasteiger partial charge in [0, 0.05) is 24.8 Å². The highest BCUT2D eigenvalue weighted by atomic mass is 35.5. The summed E-state index contributed by atoms with van der Waals surface area (Å²) in [5, 5.41) is 27.9. The highest BCUT2D eigenvalue weighted by Gasteiger charge is 2.48. The van der Waals surface area contributed by atoms with Gasteiger partial charge in [0.05, 0.1) is 36.2 Å². The summed E-state index contributed by atoms with van der Waals surface area (Å²) < 4.78 is 12.6. The first-order valence-corrected chi connectivity index (χ1v) is 11.6. The minimum absolute atomic E-state index is 0.193. The summed E-state index contributed by atoms with van der Waals surface area (Å²) >= 11 is 6.31. The summed E-state index contributed by atoms with van der Waals surface area (Å²) in [5.74, 6) is -4.21. The highest BCUT2D eigenvalue weighted by Crippen LogP contribution is 2.44. The van der Waals surface area contributed by atoms with Crippen molar-refractivity contribution < 1.29 is 34.1 Å². The lowest BCUT2D eigenvalue weighted by Gasteiger charge is -2.21. The van der Waals surface area contributed by atoms with Crippen LogP contribution in [0.2, 0.25) is 5.15 Å². The van der Waals surface area contributed by atoms with Crippen LogP contribution in [0.5, 0.6) is 0 Å². The number of aromatic nitrogens is 3. The van der Waals surface area contributed by atoms with Gasteiger partial charge >= 0.3 is 17.9 Å². The number of nitrogens with one attached hydrogen (secondary N) is 1. The minimum Gasteiger partial charge on any atom is -0.481 e. The number of carboxylic acid groups (broad SMARTS) is 2. The molecule has 1 aliphatic heterocycles. The van der Waals surface area contributed by atoms with E-state index in [2.05, 4.69) is 15.4 Å². The maximum Gasteiger partial charge on any atom is 0.303 e. The molecule has 2 aliphatic rings. The van der Waals surface area contributed by atoms with E-state index < -0.39 is 42.1 Å². The Labute approximate surface area is 200 Å². The summed E-state index contributed by atoms with van der Waals surface area (Å²) in [7, 11) is 0. The van der Waals surface area contributed by atoms with Crippen molar-refractivity contribution in [1.82, 2.24) is 14.8 Å². The third kappa shape index (κ3) is 5.25. The molecule has 0 aromatic carbocycles. The highest BCUT2D eigenvalue weighted by molar-refractivity contribution is 6.30. The fourth-order valence-corrected chi connectivity index (χ4v) is 5.18. The van der Waals surface area contributed by atoms with Crippen molar-refractivity contribution in [1.29, 1.82) is 0 Å². The standard InChI is InChI=1S/C22H27ClN4O7/c1-11(28)33-10-17-13(6-19(29)30)14(7-20(31)32)22(34-17)27-21-15(9-24-27)16(8-18(23)26-21)25-12-4-2-3-5-12/h8-9,12-14,17,22H,2-7,10H2,1H3,(H,25,26)(H,29,30)(H,31,32)/t13-,14-,17+,22-/m1/s1. The number of hydrogen-bond acceptors (Lipinski definition) is 8. The van der Waals surface area contributed by atoms with Crippen LogP contribution < -0.4 is 5.32 Å². The third-order valence-electron chi connectivity index (χ3n) is 6.47. The number of carbonyl (C=O) groups is 3. The molecule has 4 atom stereocenters. The number of rotatable bonds is 9. The Morgan fingerprint density at radius 3 is 2.53 bits per heavy atom. The molecule has 34 heavy (non-hydrogen) atoms. The van der Waals surface area contributed by atoms with E-state index in [1.54, 1.807) is 12.3 Å². The second-order valence-electron chi connectivity index (χ2n) is 8.84. The summed E-state index contributed by atoms with van der Waals surface area (Å²) in [4.78, 5) is 39.0. The average molecular weight is 495 g/mol. The van der Waals surface area contributed by atoms with Gasteiger partial charge in [-0.25, -0.2) is 9.67 Å². The van der Waals surface area contributed by atoms with Crippen molar-refractivity contribution in [2.45, 2.75) is 63.8 Å². The van der Waals surface area contributed by atoms with Crippen LogP contribution in [-0.2, 0) is 23.9 Å². The van der Waals surface area contributed by atoms with E-state index >= 15 is 0 Å². The lowest BCUT2D eigenvalue weighted by molar-refractivity contribution is -0.147. The van der Waals surface area contributed by atoms with Gasteiger partial charge in [-0.3, -0.25) is 14.4 Å². The predicted octanol–water partition coefficient (Wildman–Crippen LogP) is 3.08. The Hall–Kier alpha value is -2.92. The molecule has 184 valence electrons. The number of halogens is 1. The number of anilines is 1. The molecular formula is C22H27ClN4O7. The van der Waals surface area contributed by atoms with E-state index in [0.717, 1.165) is 31.4 Å². The largest absolute Gasteiger partial charge is 0.481 e. The quantitative estimate of drug-likeness (QED) is 0.350. The first-order valence-electron chi connectivity index (χ1n) is 11.3. The van der Waals surface area contributed by atoms with Crippen LogP contribution in [0, 0.1) is 11.8 Å². The van der Waals surface area contributed by atoms with Crippen LogP contribution in [-0.4, -0.2) is 61.6 Å². The number of esters is 1. The number of aliphatic carboxylic acids is 2. The zero-order valence-electron chi connectivity index (χ0n) is 18.6. The minimum atomic E-state index is -1.10. The van der Waals surface area contributed by atoms with Gasteiger partial charge in [-0.1, -0.05) is 24.4 Å². The zero-order chi connectivity index (χ0) is 24.4. The van der Waals surface area contributed by atoms with Crippen LogP contribution in [0.25, 0.3) is 11.0 Å². The molecule has 2 aromatic rings. The molecule has 3 N–H and O–H groups in total. The molecule has 1 saturated heterocycles. The molecule has 3 heterocycles. The molecule has 1 saturated carbocycles. The monoisotopic (exact) mass is 494 g/mol. The summed E-state index contributed by atoms with van der Waals surface area (Å²) in [6.07, 6.45) is 3.58. The SMILES string of the molecule is CC(=O)OC[C@@H]1O[C@@H](n2ncc3c(NC4CCCC4)cc(Cl)nc32)[C@H](CC(=O)O)[C@H]1CC(=O)O. The van der Waals surface area contributed by atoms with E-state index in [0.29, 0.717) is 17.1 Å². The van der Waals surface area contributed by atoms with Gasteiger partial charge in [-0.15, -0.1) is 0 Å². The lowest BCUT2D eigenvalue weighted by Crippen LogP contribution is -2.29. The summed E-state index contributed by atoms with van der Waals surface area (Å²) in [5.41, 5.74) is 1.18. The van der Waals surface area contributed by atoms with E-state index in [-0.39, 0.29) is 24.6 Å². The van der Waals surface area contributed by atoms with Crippen LogP contribution in [0.3, 0.4) is 0 Å². The molecule has 4 rings (SSSR count). The van der Waals surface area contributed by atoms with E-state index in [1.807, 2.05) is 0 Å². The Balaban J connectivity index is 1.71. The van der Waals surface area contributed by atoms with Gasteiger partial charge in [0.15, 0.2) is 11.9 Å². The number of carboxylic acids is 2. The maximum atomic E-state index is 11.7. The third-order valence-corrected chi connectivity index (χ3v) is 6.66. The fraction of sp³-hybridized carbons (Fsp3) is 0.591. The Morgan fingerprint density at radius 2 is 1.88 bits per heavy atom. The molecule has 0 radical (unpaired) electrons. The van der Waals surface area contributed by atoms with Crippen LogP contribution in [0.15, 0.2) is 12.3 Å². The van der Waals surface area contributed by atoms with Crippen LogP contribution in [0.4, 0.5) is 5.69 Å². The Kier molecular flexibility index (Phi) is 7.22. The molecule has 11 nitrogen and oxygen atoms in total. The van der Waals surface area contributed by atoms with E-state index in [9.17, 15) is 24.6 Å². The molecule has 0 unspecified atom stereocenters. The van der Waals surface area contributed by atoms with Gasteiger partial charge in [0.1, 0.15) is 11.8 Å². The Bertz CT molecular complexity index is 1080. The number of ether oxygens (including phenoxy) is 2. The fourth-order valence-electron chi connectivity index (χ4n) is 4.99. The zero-order valence-corrected chi connectivity index (χ0v) is 19.4. The van der Waals surface area contributed by atoms with E-state index in [4.69, 9.17) is 21.1 Å². The number of fused-ring (bicyclic) bond motifs is 1. The topological polar surface area (TPSA) is 153 Å². The first kappa shape index (κ1) is 24.2. The van der Waals surface area contributed by atoms with Crippen molar-refractivity contribution in [2.24, 2.45) is 11.8 Å². The van der Waals surface area contributed by atoms with Gasteiger partial charge in [0.25, 0.3) is 0 Å². The molecule has 0 spiro atoms. The average Bonchev–Trinajstić information content (AvgIpc) is 3.46. The van der Waals surface area contributed by atoms with Crippen molar-refractivity contribution >= 4 is 46.2 Å². The van der Waals surface area contributed by atoms with Crippen molar-refractivity contribution in [2.75, 3.05) is 11.9 Å². The molecule has 0 amide bonds. The van der Waals surface area contributed by atoms with E-state index in [1.165, 1.54) is 11.6 Å². The smallest absolute Gasteiger partial charge is 0.303 e. The molecule has 1 aliphatic carbocycles. The summed E-state index contributed by atoms with van der Waals surface area (Å²) in [6.45, 7) is 1.04. The number of pyridine rings is 1. The molecule has 12 heteroatoms. The molecule has 0 bridgehead atoms. The predicted molar refractivity (Wildman–Crippen MR) is 120 cm³/mol. The van der Waals surface area contributed by atoms with Crippen LogP contribution >= 0.6 is 11.6 Å². The van der Waals surface area contributed by atoms with Gasteiger partial charge in [0.2, 0.25) is 0 Å². The van der Waals surface area contributed by atoms with Crippen molar-refractivity contribution in [3.63, 3.8) is 0 Å². The maximum absolute atomic E-state index is 11.7. The van der Waals surface area contributed by atoms with Gasteiger partial charge in [-0.2, -0.15) is 5.10 Å². The van der Waals surface area contributed by atoms with Crippen molar-refractivity contribution in [3.05, 3.63) is 17.4 Å². The summed E-state index contributed by atoms with van der Waals surface area (Å²) in [6, 6.07) is 2.05. The number of nitrogens with zero attached hydrogens (tertiary/aromatic N) is 3. The van der Waals surface area contributed by atoms with Crippen molar-refractivity contribution in [3.8, 4) is 0 Å². The molecule has 2 fully saturated rings.